The van der Waals surface area contributed by atoms with Crippen LogP contribution in [0.25, 0.3) is 0 Å². The molecule has 0 unspecified atom stereocenters. The van der Waals surface area contributed by atoms with E-state index in [0.29, 0.717) is 12.3 Å². The van der Waals surface area contributed by atoms with Crippen molar-refractivity contribution in [1.29, 1.82) is 0 Å². The predicted octanol–water partition coefficient (Wildman–Crippen LogP) is 2.69. The van der Waals surface area contributed by atoms with Crippen molar-refractivity contribution in [3.8, 4) is 0 Å². The summed E-state index contributed by atoms with van der Waals surface area (Å²) in [5.74, 6) is 0.261. The van der Waals surface area contributed by atoms with Crippen LogP contribution in [0, 0.1) is 15.9 Å². The molecule has 104 valence electrons. The molecule has 2 rings (SSSR count). The van der Waals surface area contributed by atoms with E-state index in [-0.39, 0.29) is 5.82 Å². The second-order valence-corrected chi connectivity index (χ2v) is 5.12. The summed E-state index contributed by atoms with van der Waals surface area (Å²) in [6.45, 7) is 0.350. The minimum Gasteiger partial charge on any atom is -0.309 e. The molecular formula is C13H11FN2O3S. The van der Waals surface area contributed by atoms with Gasteiger partial charge in [-0.05, 0) is 30.3 Å². The number of halogens is 1. The Labute approximate surface area is 118 Å². The van der Waals surface area contributed by atoms with Gasteiger partial charge in [0.15, 0.2) is 0 Å². The molecule has 0 radical (unpaired) electrons. The first-order valence-corrected chi connectivity index (χ1v) is 6.79. The zero-order chi connectivity index (χ0) is 14.5. The van der Waals surface area contributed by atoms with Gasteiger partial charge in [-0.2, -0.15) is 0 Å². The van der Waals surface area contributed by atoms with Crippen LogP contribution < -0.4 is 5.56 Å². The molecule has 0 saturated carbocycles. The van der Waals surface area contributed by atoms with Gasteiger partial charge < -0.3 is 4.57 Å². The van der Waals surface area contributed by atoms with Crippen molar-refractivity contribution < 1.29 is 9.31 Å². The lowest BCUT2D eigenvalue weighted by molar-refractivity contribution is -0.386. The molecule has 5 nitrogen and oxygen atoms in total. The maximum absolute atomic E-state index is 12.7. The standard InChI is InChI=1S/C13H11FN2O3S/c14-10-3-5-11(6-4-10)20-9-8-15-7-1-2-12(13(15)17)16(18)19/h1-7H,8-9H2. The Kier molecular flexibility index (Phi) is 4.52. The van der Waals surface area contributed by atoms with E-state index in [2.05, 4.69) is 0 Å². The second kappa shape index (κ2) is 6.33. The van der Waals surface area contributed by atoms with Crippen LogP contribution in [-0.2, 0) is 6.54 Å². The number of thioether (sulfide) groups is 1. The van der Waals surface area contributed by atoms with Crippen LogP contribution in [0.2, 0.25) is 0 Å². The molecule has 0 N–H and O–H groups in total. The molecule has 0 amide bonds. The maximum Gasteiger partial charge on any atom is 0.334 e. The normalized spacial score (nSPS) is 10.4. The SMILES string of the molecule is O=c1c([N+](=O)[O-])cccn1CCSc1ccc(F)cc1. The van der Waals surface area contributed by atoms with Crippen LogP contribution >= 0.6 is 11.8 Å². The lowest BCUT2D eigenvalue weighted by Crippen LogP contribution is -2.22. The lowest BCUT2D eigenvalue weighted by Gasteiger charge is -2.05. The van der Waals surface area contributed by atoms with Crippen molar-refractivity contribution in [2.45, 2.75) is 11.4 Å². The molecule has 1 aromatic heterocycles. The summed E-state index contributed by atoms with van der Waals surface area (Å²) in [5, 5.41) is 10.7. The first-order valence-electron chi connectivity index (χ1n) is 5.80. The van der Waals surface area contributed by atoms with Gasteiger partial charge in [0, 0.05) is 29.5 Å². The van der Waals surface area contributed by atoms with Crippen molar-refractivity contribution in [2.24, 2.45) is 0 Å². The summed E-state index contributed by atoms with van der Waals surface area (Å²) in [6, 6.07) is 8.68. The quantitative estimate of drug-likeness (QED) is 0.483. The van der Waals surface area contributed by atoms with Crippen LogP contribution in [0.4, 0.5) is 10.1 Å². The average Bonchev–Trinajstić information content (AvgIpc) is 2.42. The molecule has 0 aliphatic carbocycles. The molecule has 0 atom stereocenters. The van der Waals surface area contributed by atoms with Crippen LogP contribution in [0.1, 0.15) is 0 Å². The highest BCUT2D eigenvalue weighted by molar-refractivity contribution is 7.99. The van der Waals surface area contributed by atoms with Crippen molar-refractivity contribution in [3.63, 3.8) is 0 Å². The molecule has 0 spiro atoms. The smallest absolute Gasteiger partial charge is 0.309 e. The van der Waals surface area contributed by atoms with Crippen molar-refractivity contribution >= 4 is 17.4 Å². The summed E-state index contributed by atoms with van der Waals surface area (Å²) in [5.41, 5.74) is -1.04. The van der Waals surface area contributed by atoms with E-state index >= 15 is 0 Å². The minimum atomic E-state index is -0.689. The van der Waals surface area contributed by atoms with Gasteiger partial charge in [-0.15, -0.1) is 11.8 Å². The fourth-order valence-corrected chi connectivity index (χ4v) is 2.48. The van der Waals surface area contributed by atoms with Crippen molar-refractivity contribution in [3.05, 3.63) is 68.9 Å². The number of aromatic nitrogens is 1. The van der Waals surface area contributed by atoms with E-state index in [0.717, 1.165) is 4.90 Å². The van der Waals surface area contributed by atoms with Gasteiger partial charge >= 0.3 is 11.2 Å². The summed E-state index contributed by atoms with van der Waals surface area (Å²) < 4.78 is 14.0. The van der Waals surface area contributed by atoms with Gasteiger partial charge in [-0.25, -0.2) is 4.39 Å². The molecule has 0 aliphatic heterocycles. The third kappa shape index (κ3) is 3.45. The van der Waals surface area contributed by atoms with E-state index in [1.807, 2.05) is 0 Å². The molecule has 1 aromatic carbocycles. The fourth-order valence-electron chi connectivity index (χ4n) is 1.63. The molecule has 7 heteroatoms. The third-order valence-corrected chi connectivity index (χ3v) is 3.60. The highest BCUT2D eigenvalue weighted by Gasteiger charge is 2.12. The number of rotatable bonds is 5. The molecular weight excluding hydrogens is 283 g/mol. The molecule has 0 bridgehead atoms. The topological polar surface area (TPSA) is 65.1 Å². The minimum absolute atomic E-state index is 0.302. The van der Waals surface area contributed by atoms with Crippen LogP contribution in [0.15, 0.2) is 52.3 Å². The highest BCUT2D eigenvalue weighted by Crippen LogP contribution is 2.18. The van der Waals surface area contributed by atoms with E-state index in [9.17, 15) is 19.3 Å². The number of nitro groups is 1. The molecule has 1 heterocycles. The van der Waals surface area contributed by atoms with Crippen LogP contribution in [-0.4, -0.2) is 15.2 Å². The first-order chi connectivity index (χ1) is 9.58. The molecule has 0 fully saturated rings. The van der Waals surface area contributed by atoms with Gasteiger partial charge in [-0.1, -0.05) is 0 Å². The Hall–Kier alpha value is -2.15. The maximum atomic E-state index is 12.7. The van der Waals surface area contributed by atoms with Gasteiger partial charge in [0.1, 0.15) is 5.82 Å². The Bertz CT molecular complexity index is 670. The average molecular weight is 294 g/mol. The number of hydrogen-bond acceptors (Lipinski definition) is 4. The van der Waals surface area contributed by atoms with E-state index < -0.39 is 16.2 Å². The second-order valence-electron chi connectivity index (χ2n) is 3.95. The summed E-state index contributed by atoms with van der Waals surface area (Å²) in [6.07, 6.45) is 1.51. The van der Waals surface area contributed by atoms with Crippen molar-refractivity contribution in [1.82, 2.24) is 4.57 Å². The van der Waals surface area contributed by atoms with Gasteiger partial charge in [-0.3, -0.25) is 14.9 Å². The van der Waals surface area contributed by atoms with Gasteiger partial charge in [0.05, 0.1) is 4.92 Å². The Morgan fingerprint density at radius 1 is 1.25 bits per heavy atom. The lowest BCUT2D eigenvalue weighted by atomic mass is 10.4. The number of benzene rings is 1. The largest absolute Gasteiger partial charge is 0.334 e. The van der Waals surface area contributed by atoms with Crippen molar-refractivity contribution in [2.75, 3.05) is 5.75 Å². The highest BCUT2D eigenvalue weighted by atomic mass is 32.2. The summed E-state index contributed by atoms with van der Waals surface area (Å²) >= 11 is 1.45. The zero-order valence-corrected chi connectivity index (χ0v) is 11.2. The van der Waals surface area contributed by atoms with Gasteiger partial charge in [0.2, 0.25) is 0 Å². The Balaban J connectivity index is 2.01. The van der Waals surface area contributed by atoms with E-state index in [4.69, 9.17) is 0 Å². The number of nitrogens with zero attached hydrogens (tertiary/aromatic N) is 2. The number of pyridine rings is 1. The Morgan fingerprint density at radius 2 is 1.95 bits per heavy atom. The van der Waals surface area contributed by atoms with Crippen LogP contribution in [0.3, 0.4) is 0 Å². The third-order valence-electron chi connectivity index (χ3n) is 2.61. The first kappa shape index (κ1) is 14.3. The van der Waals surface area contributed by atoms with Gasteiger partial charge in [0.25, 0.3) is 0 Å². The summed E-state index contributed by atoms with van der Waals surface area (Å²) in [4.78, 5) is 22.6. The number of hydrogen-bond donors (Lipinski definition) is 0. The molecule has 0 saturated heterocycles. The Morgan fingerprint density at radius 3 is 2.60 bits per heavy atom. The number of aryl methyl sites for hydroxylation is 1. The van der Waals surface area contributed by atoms with Crippen LogP contribution in [0.5, 0.6) is 0 Å². The predicted molar refractivity (Wildman–Crippen MR) is 74.5 cm³/mol. The zero-order valence-electron chi connectivity index (χ0n) is 10.4. The monoisotopic (exact) mass is 294 g/mol. The van der Waals surface area contributed by atoms with E-state index in [1.54, 1.807) is 12.1 Å². The summed E-state index contributed by atoms with van der Waals surface area (Å²) in [7, 11) is 0. The van der Waals surface area contributed by atoms with E-state index in [1.165, 1.54) is 46.8 Å². The molecule has 0 aliphatic rings. The fraction of sp³-hybridized carbons (Fsp3) is 0.154. The molecule has 20 heavy (non-hydrogen) atoms. The molecule has 2 aromatic rings.